The molecule has 4 N–H and O–H groups in total. The molecule has 0 saturated carbocycles. The molecule has 4 nitrogen and oxygen atoms in total. The second kappa shape index (κ2) is 7.93. The molecule has 2 heterocycles. The first-order valence-electron chi connectivity index (χ1n) is 8.32. The molecule has 1 saturated heterocycles. The van der Waals surface area contributed by atoms with Crippen molar-refractivity contribution in [3.05, 3.63) is 52.2 Å². The van der Waals surface area contributed by atoms with Crippen molar-refractivity contribution in [1.29, 1.82) is 0 Å². The van der Waals surface area contributed by atoms with E-state index in [1.165, 1.54) is 29.5 Å². The molecule has 1 aliphatic rings. The van der Waals surface area contributed by atoms with E-state index in [-0.39, 0.29) is 16.4 Å². The highest BCUT2D eigenvalue weighted by molar-refractivity contribution is 7.10. The molecule has 0 aliphatic carbocycles. The number of halogens is 2. The maximum Gasteiger partial charge on any atom is 0.193 e. The van der Waals surface area contributed by atoms with Gasteiger partial charge in [0, 0.05) is 29.1 Å². The highest BCUT2D eigenvalue weighted by atomic mass is 32.1. The Morgan fingerprint density at radius 2 is 2.04 bits per heavy atom. The molecule has 0 amide bonds. The molecule has 0 spiro atoms. The number of hydrogen-bond acceptors (Lipinski definition) is 3. The molecule has 0 bridgehead atoms. The van der Waals surface area contributed by atoms with Crippen LogP contribution in [0.4, 0.5) is 14.5 Å². The third-order valence-corrected chi connectivity index (χ3v) is 5.50. The average Bonchev–Trinajstić information content (AvgIpc) is 3.23. The first-order valence-corrected chi connectivity index (χ1v) is 9.14. The summed E-state index contributed by atoms with van der Waals surface area (Å²) >= 11 is 1.21. The number of nitrogens with two attached hydrogens (primary N) is 1. The van der Waals surface area contributed by atoms with Crippen molar-refractivity contribution in [2.75, 3.05) is 25.0 Å². The van der Waals surface area contributed by atoms with Gasteiger partial charge in [-0.3, -0.25) is 4.99 Å². The Balaban J connectivity index is 1.59. The van der Waals surface area contributed by atoms with Crippen molar-refractivity contribution < 1.29 is 8.78 Å². The lowest BCUT2D eigenvalue weighted by Gasteiger charge is -2.26. The van der Waals surface area contributed by atoms with Gasteiger partial charge in [0.15, 0.2) is 11.1 Å². The number of aryl methyl sites for hydroxylation is 1. The predicted molar refractivity (Wildman–Crippen MR) is 99.0 cm³/mol. The summed E-state index contributed by atoms with van der Waals surface area (Å²) < 4.78 is 26.1. The summed E-state index contributed by atoms with van der Waals surface area (Å²) in [7, 11) is 0. The molecule has 1 atom stereocenters. The fraction of sp³-hybridized carbons (Fsp3) is 0.389. The molecule has 1 aromatic carbocycles. The predicted octanol–water partition coefficient (Wildman–Crippen LogP) is 3.37. The molecule has 25 heavy (non-hydrogen) atoms. The maximum absolute atomic E-state index is 13.1. The molecule has 3 rings (SSSR count). The minimum Gasteiger partial charge on any atom is -0.370 e. The lowest BCUT2D eigenvalue weighted by atomic mass is 9.82. The van der Waals surface area contributed by atoms with Gasteiger partial charge in [0.2, 0.25) is 0 Å². The van der Waals surface area contributed by atoms with E-state index >= 15 is 0 Å². The normalized spacial score (nSPS) is 20.8. The number of benzene rings is 1. The number of nitrogens with zero attached hydrogens (tertiary/aromatic N) is 1. The van der Waals surface area contributed by atoms with Gasteiger partial charge in [0.05, 0.1) is 0 Å². The summed E-state index contributed by atoms with van der Waals surface area (Å²) in [4.78, 5) is 5.55. The average molecular weight is 364 g/mol. The number of aliphatic imine (C=N–C) groups is 1. The molecular formula is C18H22F2N4S. The molecule has 1 unspecified atom stereocenters. The number of anilines is 1. The smallest absolute Gasteiger partial charge is 0.193 e. The van der Waals surface area contributed by atoms with Crippen LogP contribution in [0, 0.1) is 16.4 Å². The first-order chi connectivity index (χ1) is 12.0. The van der Waals surface area contributed by atoms with E-state index in [0.717, 1.165) is 37.2 Å². The first kappa shape index (κ1) is 17.8. The fourth-order valence-electron chi connectivity index (χ4n) is 3.07. The largest absolute Gasteiger partial charge is 0.370 e. The van der Waals surface area contributed by atoms with E-state index in [2.05, 4.69) is 15.6 Å². The summed E-state index contributed by atoms with van der Waals surface area (Å²) in [5.74, 6) is 0.0297. The summed E-state index contributed by atoms with van der Waals surface area (Å²) in [5.41, 5.74) is 6.71. The minimum atomic E-state index is -0.290. The number of nitrogens with one attached hydrogen (secondary N) is 2. The molecule has 2 aromatic rings. The van der Waals surface area contributed by atoms with Gasteiger partial charge in [0.25, 0.3) is 0 Å². The van der Waals surface area contributed by atoms with Crippen LogP contribution in [0.5, 0.6) is 0 Å². The summed E-state index contributed by atoms with van der Waals surface area (Å²) in [6.07, 6.45) is 2.80. The fourth-order valence-corrected chi connectivity index (χ4v) is 3.80. The van der Waals surface area contributed by atoms with Crippen molar-refractivity contribution >= 4 is 23.0 Å². The quantitative estimate of drug-likeness (QED) is 0.544. The Hall–Kier alpha value is -1.99. The van der Waals surface area contributed by atoms with Gasteiger partial charge in [-0.2, -0.15) is 4.39 Å². The second-order valence-corrected chi connectivity index (χ2v) is 7.58. The van der Waals surface area contributed by atoms with E-state index < -0.39 is 0 Å². The zero-order valence-corrected chi connectivity index (χ0v) is 14.7. The van der Waals surface area contributed by atoms with Gasteiger partial charge in [-0.1, -0.05) is 0 Å². The van der Waals surface area contributed by atoms with E-state index in [1.807, 2.05) is 6.07 Å². The Labute approximate surface area is 150 Å². The second-order valence-electron chi connectivity index (χ2n) is 6.47. The van der Waals surface area contributed by atoms with Crippen molar-refractivity contribution in [2.24, 2.45) is 16.1 Å². The standard InChI is InChI=1S/C18H22F2N4S/c19-13-1-3-14(4-2-13)24-17(21)23-12-18(9-10-22-11-18)8-7-15-5-6-16(20)25-15/h1-6,22H,7-12H2,(H3,21,23,24). The highest BCUT2D eigenvalue weighted by Crippen LogP contribution is 2.32. The monoisotopic (exact) mass is 364 g/mol. The molecule has 1 fully saturated rings. The molecular weight excluding hydrogens is 342 g/mol. The van der Waals surface area contributed by atoms with Crippen LogP contribution in [0.2, 0.25) is 0 Å². The van der Waals surface area contributed by atoms with Crippen molar-refractivity contribution in [2.45, 2.75) is 19.3 Å². The van der Waals surface area contributed by atoms with Crippen molar-refractivity contribution in [3.8, 4) is 0 Å². The van der Waals surface area contributed by atoms with Crippen LogP contribution < -0.4 is 16.4 Å². The molecule has 1 aromatic heterocycles. The van der Waals surface area contributed by atoms with Crippen LogP contribution in [0.3, 0.4) is 0 Å². The molecule has 1 aliphatic heterocycles. The zero-order valence-electron chi connectivity index (χ0n) is 13.9. The zero-order chi connectivity index (χ0) is 17.7. The minimum absolute atomic E-state index is 0.0373. The lowest BCUT2D eigenvalue weighted by molar-refractivity contribution is 0.309. The van der Waals surface area contributed by atoms with E-state index in [9.17, 15) is 8.78 Å². The number of rotatable bonds is 6. The van der Waals surface area contributed by atoms with Crippen LogP contribution in [0.15, 0.2) is 41.4 Å². The third-order valence-electron chi connectivity index (χ3n) is 4.56. The molecule has 7 heteroatoms. The van der Waals surface area contributed by atoms with Crippen molar-refractivity contribution in [1.82, 2.24) is 5.32 Å². The number of thiophene rings is 1. The van der Waals surface area contributed by atoms with Gasteiger partial charge < -0.3 is 16.4 Å². The van der Waals surface area contributed by atoms with Gasteiger partial charge in [-0.25, -0.2) is 4.39 Å². The molecule has 0 radical (unpaired) electrons. The van der Waals surface area contributed by atoms with Crippen LogP contribution in [-0.2, 0) is 6.42 Å². The summed E-state index contributed by atoms with van der Waals surface area (Å²) in [5, 5.41) is 6.23. The third kappa shape index (κ3) is 4.99. The topological polar surface area (TPSA) is 62.4 Å². The van der Waals surface area contributed by atoms with Gasteiger partial charge in [0.1, 0.15) is 5.82 Å². The van der Waals surface area contributed by atoms with Crippen LogP contribution >= 0.6 is 11.3 Å². The SMILES string of the molecule is NC(=NCC1(CCc2ccc(F)s2)CCNC1)Nc1ccc(F)cc1. The highest BCUT2D eigenvalue weighted by Gasteiger charge is 2.33. The number of guanidine groups is 1. The van der Waals surface area contributed by atoms with Crippen LogP contribution in [0.25, 0.3) is 0 Å². The molecule has 134 valence electrons. The lowest BCUT2D eigenvalue weighted by Crippen LogP contribution is -2.31. The Bertz CT molecular complexity index is 721. The number of hydrogen-bond donors (Lipinski definition) is 3. The van der Waals surface area contributed by atoms with E-state index in [1.54, 1.807) is 12.1 Å². The van der Waals surface area contributed by atoms with Crippen molar-refractivity contribution in [3.63, 3.8) is 0 Å². The van der Waals surface area contributed by atoms with E-state index in [4.69, 9.17) is 5.73 Å². The van der Waals surface area contributed by atoms with Gasteiger partial charge in [-0.15, -0.1) is 11.3 Å². The van der Waals surface area contributed by atoms with E-state index in [0.29, 0.717) is 18.2 Å². The van der Waals surface area contributed by atoms with Crippen LogP contribution in [0.1, 0.15) is 17.7 Å². The van der Waals surface area contributed by atoms with Gasteiger partial charge >= 0.3 is 0 Å². The Kier molecular flexibility index (Phi) is 5.65. The maximum atomic E-state index is 13.1. The summed E-state index contributed by atoms with van der Waals surface area (Å²) in [6, 6.07) is 9.36. The Morgan fingerprint density at radius 1 is 1.24 bits per heavy atom. The Morgan fingerprint density at radius 3 is 2.68 bits per heavy atom. The summed E-state index contributed by atoms with van der Waals surface area (Å²) in [6.45, 7) is 2.45. The van der Waals surface area contributed by atoms with Crippen LogP contribution in [-0.4, -0.2) is 25.6 Å². The van der Waals surface area contributed by atoms with Gasteiger partial charge in [-0.05, 0) is 62.2 Å².